The molecular formula is C16H32N2. The molecule has 0 radical (unpaired) electrons. The van der Waals surface area contributed by atoms with Crippen LogP contribution in [0.5, 0.6) is 0 Å². The van der Waals surface area contributed by atoms with Crippen LogP contribution < -0.4 is 5.32 Å². The van der Waals surface area contributed by atoms with E-state index in [1.807, 2.05) is 7.05 Å². The first-order valence-corrected chi connectivity index (χ1v) is 7.91. The van der Waals surface area contributed by atoms with Gasteiger partial charge in [0.05, 0.1) is 0 Å². The van der Waals surface area contributed by atoms with E-state index < -0.39 is 0 Å². The maximum Gasteiger partial charge on any atom is 0.00310 e. The lowest BCUT2D eigenvalue weighted by Crippen LogP contribution is -2.20. The SMILES string of the molecule is C=C(CCCCCCCCCN1CCCC1)NC. The Balaban J connectivity index is 1.74. The van der Waals surface area contributed by atoms with Gasteiger partial charge in [0.15, 0.2) is 0 Å². The fourth-order valence-corrected chi connectivity index (χ4v) is 2.69. The van der Waals surface area contributed by atoms with Crippen molar-refractivity contribution in [2.24, 2.45) is 0 Å². The second-order valence-corrected chi connectivity index (χ2v) is 5.63. The highest BCUT2D eigenvalue weighted by atomic mass is 15.1. The minimum absolute atomic E-state index is 1.14. The fourth-order valence-electron chi connectivity index (χ4n) is 2.69. The lowest BCUT2D eigenvalue weighted by atomic mass is 10.1. The second kappa shape index (κ2) is 10.4. The van der Waals surface area contributed by atoms with Crippen molar-refractivity contribution in [2.75, 3.05) is 26.7 Å². The van der Waals surface area contributed by atoms with Crippen LogP contribution in [-0.4, -0.2) is 31.6 Å². The van der Waals surface area contributed by atoms with E-state index in [0.717, 1.165) is 6.42 Å². The van der Waals surface area contributed by atoms with Crippen molar-refractivity contribution in [3.05, 3.63) is 12.3 Å². The maximum absolute atomic E-state index is 3.95. The Bertz CT molecular complexity index is 207. The summed E-state index contributed by atoms with van der Waals surface area (Å²) in [6.45, 7) is 8.02. The lowest BCUT2D eigenvalue weighted by molar-refractivity contribution is 0.327. The predicted molar refractivity (Wildman–Crippen MR) is 80.8 cm³/mol. The first-order chi connectivity index (χ1) is 8.83. The van der Waals surface area contributed by atoms with Crippen LogP contribution in [0.15, 0.2) is 12.3 Å². The Hall–Kier alpha value is -0.500. The van der Waals surface area contributed by atoms with Gasteiger partial charge in [-0.25, -0.2) is 0 Å². The van der Waals surface area contributed by atoms with Gasteiger partial charge in [-0.1, -0.05) is 38.7 Å². The van der Waals surface area contributed by atoms with E-state index in [9.17, 15) is 0 Å². The van der Waals surface area contributed by atoms with Gasteiger partial charge in [0, 0.05) is 12.7 Å². The van der Waals surface area contributed by atoms with E-state index in [-0.39, 0.29) is 0 Å². The number of unbranched alkanes of at least 4 members (excludes halogenated alkanes) is 6. The number of likely N-dealkylation sites (tertiary alicyclic amines) is 1. The van der Waals surface area contributed by atoms with Crippen molar-refractivity contribution < 1.29 is 0 Å². The van der Waals surface area contributed by atoms with Gasteiger partial charge >= 0.3 is 0 Å². The van der Waals surface area contributed by atoms with Crippen molar-refractivity contribution in [2.45, 2.75) is 64.2 Å². The summed E-state index contributed by atoms with van der Waals surface area (Å²) in [5.74, 6) is 0. The average molecular weight is 252 g/mol. The molecule has 0 aliphatic carbocycles. The number of nitrogens with zero attached hydrogens (tertiary/aromatic N) is 1. The van der Waals surface area contributed by atoms with Gasteiger partial charge in [0.25, 0.3) is 0 Å². The first kappa shape index (κ1) is 15.6. The molecule has 2 nitrogen and oxygen atoms in total. The molecule has 18 heavy (non-hydrogen) atoms. The molecule has 2 heteroatoms. The normalized spacial score (nSPS) is 16.1. The highest BCUT2D eigenvalue weighted by molar-refractivity contribution is 4.88. The summed E-state index contributed by atoms with van der Waals surface area (Å²) >= 11 is 0. The van der Waals surface area contributed by atoms with Crippen LogP contribution in [-0.2, 0) is 0 Å². The predicted octanol–water partition coefficient (Wildman–Crippen LogP) is 3.94. The molecule has 1 saturated heterocycles. The molecule has 106 valence electrons. The minimum atomic E-state index is 1.14. The lowest BCUT2D eigenvalue weighted by Gasteiger charge is -2.13. The molecule has 1 fully saturated rings. The Morgan fingerprint density at radius 3 is 2.11 bits per heavy atom. The summed E-state index contributed by atoms with van der Waals surface area (Å²) < 4.78 is 0. The summed E-state index contributed by atoms with van der Waals surface area (Å²) in [5.41, 5.74) is 1.18. The third kappa shape index (κ3) is 7.75. The Morgan fingerprint density at radius 1 is 0.944 bits per heavy atom. The Morgan fingerprint density at radius 2 is 1.50 bits per heavy atom. The maximum atomic E-state index is 3.95. The molecule has 0 aromatic heterocycles. The molecular weight excluding hydrogens is 220 g/mol. The average Bonchev–Trinajstić information content (AvgIpc) is 2.89. The molecule has 1 aliphatic heterocycles. The standard InChI is InChI=1S/C16H32N2/c1-16(17-2)12-8-6-4-3-5-7-9-13-18-14-10-11-15-18/h17H,1,3-15H2,2H3. The van der Waals surface area contributed by atoms with Crippen LogP contribution in [0.3, 0.4) is 0 Å². The van der Waals surface area contributed by atoms with Crippen LogP contribution in [0.4, 0.5) is 0 Å². The molecule has 1 N–H and O–H groups in total. The molecule has 1 heterocycles. The summed E-state index contributed by atoms with van der Waals surface area (Å²) in [7, 11) is 1.96. The van der Waals surface area contributed by atoms with Gasteiger partial charge in [-0.3, -0.25) is 0 Å². The van der Waals surface area contributed by atoms with Crippen molar-refractivity contribution in [3.63, 3.8) is 0 Å². The molecule has 1 aliphatic rings. The zero-order valence-corrected chi connectivity index (χ0v) is 12.3. The van der Waals surface area contributed by atoms with E-state index in [2.05, 4.69) is 16.8 Å². The van der Waals surface area contributed by atoms with E-state index in [1.54, 1.807) is 0 Å². The summed E-state index contributed by atoms with van der Waals surface area (Å²) in [6, 6.07) is 0. The zero-order chi connectivity index (χ0) is 13.1. The zero-order valence-electron chi connectivity index (χ0n) is 12.3. The van der Waals surface area contributed by atoms with E-state index in [1.165, 1.54) is 83.1 Å². The molecule has 0 spiro atoms. The quantitative estimate of drug-likeness (QED) is 0.560. The number of allylic oxidation sites excluding steroid dienone is 1. The Kier molecular flexibility index (Phi) is 9.01. The molecule has 0 amide bonds. The van der Waals surface area contributed by atoms with Crippen LogP contribution in [0.25, 0.3) is 0 Å². The molecule has 0 atom stereocenters. The van der Waals surface area contributed by atoms with Crippen LogP contribution in [0, 0.1) is 0 Å². The third-order valence-electron chi connectivity index (χ3n) is 4.01. The van der Waals surface area contributed by atoms with Crippen molar-refractivity contribution in [1.29, 1.82) is 0 Å². The van der Waals surface area contributed by atoms with Gasteiger partial charge in [0.2, 0.25) is 0 Å². The summed E-state index contributed by atoms with van der Waals surface area (Å²) in [6.07, 6.45) is 13.8. The largest absolute Gasteiger partial charge is 0.392 e. The molecule has 0 unspecified atom stereocenters. The molecule has 0 bridgehead atoms. The molecule has 0 aromatic carbocycles. The van der Waals surface area contributed by atoms with Crippen LogP contribution >= 0.6 is 0 Å². The van der Waals surface area contributed by atoms with Crippen molar-refractivity contribution in [3.8, 4) is 0 Å². The van der Waals surface area contributed by atoms with Gasteiger partial charge in [-0.05, 0) is 51.7 Å². The van der Waals surface area contributed by atoms with Gasteiger partial charge < -0.3 is 10.2 Å². The monoisotopic (exact) mass is 252 g/mol. The number of hydrogen-bond acceptors (Lipinski definition) is 2. The van der Waals surface area contributed by atoms with E-state index >= 15 is 0 Å². The van der Waals surface area contributed by atoms with E-state index in [0.29, 0.717) is 0 Å². The molecule has 0 aromatic rings. The van der Waals surface area contributed by atoms with Crippen molar-refractivity contribution in [1.82, 2.24) is 10.2 Å². The van der Waals surface area contributed by atoms with Crippen LogP contribution in [0.1, 0.15) is 64.2 Å². The van der Waals surface area contributed by atoms with Gasteiger partial charge in [-0.15, -0.1) is 0 Å². The summed E-state index contributed by atoms with van der Waals surface area (Å²) in [5, 5.41) is 3.11. The first-order valence-electron chi connectivity index (χ1n) is 7.91. The molecule has 1 rings (SSSR count). The highest BCUT2D eigenvalue weighted by Crippen LogP contribution is 2.12. The molecule has 0 saturated carbocycles. The van der Waals surface area contributed by atoms with E-state index in [4.69, 9.17) is 0 Å². The van der Waals surface area contributed by atoms with Gasteiger partial charge in [0.1, 0.15) is 0 Å². The topological polar surface area (TPSA) is 15.3 Å². The summed E-state index contributed by atoms with van der Waals surface area (Å²) in [4.78, 5) is 2.63. The minimum Gasteiger partial charge on any atom is -0.392 e. The number of rotatable bonds is 11. The Labute approximate surface area is 114 Å². The second-order valence-electron chi connectivity index (χ2n) is 5.63. The number of nitrogens with one attached hydrogen (secondary N) is 1. The fraction of sp³-hybridized carbons (Fsp3) is 0.875. The van der Waals surface area contributed by atoms with Gasteiger partial charge in [-0.2, -0.15) is 0 Å². The highest BCUT2D eigenvalue weighted by Gasteiger charge is 2.09. The van der Waals surface area contributed by atoms with Crippen LogP contribution in [0.2, 0.25) is 0 Å². The number of hydrogen-bond donors (Lipinski definition) is 1. The third-order valence-corrected chi connectivity index (χ3v) is 4.01. The van der Waals surface area contributed by atoms with Crippen molar-refractivity contribution >= 4 is 0 Å². The smallest absolute Gasteiger partial charge is 0.00310 e.